The average Bonchev–Trinajstić information content (AvgIpc) is 2.41. The molecule has 0 saturated carbocycles. The van der Waals surface area contributed by atoms with Crippen molar-refractivity contribution in [2.45, 2.75) is 32.9 Å². The van der Waals surface area contributed by atoms with Gasteiger partial charge in [0.15, 0.2) is 0 Å². The molecular weight excluding hydrogens is 258 g/mol. The van der Waals surface area contributed by atoms with Gasteiger partial charge in [-0.3, -0.25) is 4.98 Å². The molecule has 2 atom stereocenters. The van der Waals surface area contributed by atoms with Gasteiger partial charge in [0.2, 0.25) is 0 Å². The fourth-order valence-corrected chi connectivity index (χ4v) is 2.11. The molecule has 20 heavy (non-hydrogen) atoms. The highest BCUT2D eigenvalue weighted by molar-refractivity contribution is 5.26. The van der Waals surface area contributed by atoms with E-state index in [0.29, 0.717) is 5.56 Å². The van der Waals surface area contributed by atoms with Gasteiger partial charge in [-0.25, -0.2) is 8.78 Å². The fraction of sp³-hybridized carbons (Fsp3) is 0.312. The van der Waals surface area contributed by atoms with Gasteiger partial charge in [0.05, 0.1) is 6.20 Å². The average molecular weight is 276 g/mol. The first-order valence-electron chi connectivity index (χ1n) is 6.60. The Kier molecular flexibility index (Phi) is 4.45. The van der Waals surface area contributed by atoms with Crippen LogP contribution in [0.3, 0.4) is 0 Å². The molecule has 0 saturated heterocycles. The first-order valence-corrected chi connectivity index (χ1v) is 6.60. The van der Waals surface area contributed by atoms with Crippen molar-refractivity contribution in [3.05, 3.63) is 65.0 Å². The van der Waals surface area contributed by atoms with Crippen LogP contribution in [0.15, 0.2) is 36.7 Å². The van der Waals surface area contributed by atoms with E-state index in [-0.39, 0.29) is 23.7 Å². The number of benzene rings is 1. The first kappa shape index (κ1) is 14.6. The molecule has 1 heterocycles. The lowest BCUT2D eigenvalue weighted by Gasteiger charge is -2.21. The molecule has 2 unspecified atom stereocenters. The maximum Gasteiger partial charge on any atom is 0.141 e. The number of nitrogens with zero attached hydrogens (tertiary/aromatic N) is 1. The Bertz CT molecular complexity index is 599. The molecule has 0 fully saturated rings. The SMILES string of the molecule is Cc1ccc(C(C)NC(C)c2cncc(F)c2)cc1F. The lowest BCUT2D eigenvalue weighted by molar-refractivity contribution is 0.487. The Morgan fingerprint density at radius 1 is 1.00 bits per heavy atom. The summed E-state index contributed by atoms with van der Waals surface area (Å²) >= 11 is 0. The monoisotopic (exact) mass is 276 g/mol. The minimum absolute atomic E-state index is 0.0385. The van der Waals surface area contributed by atoms with Gasteiger partial charge in [0.25, 0.3) is 0 Å². The zero-order valence-electron chi connectivity index (χ0n) is 11.8. The lowest BCUT2D eigenvalue weighted by atomic mass is 10.0. The van der Waals surface area contributed by atoms with Crippen molar-refractivity contribution in [1.82, 2.24) is 10.3 Å². The lowest BCUT2D eigenvalue weighted by Crippen LogP contribution is -2.22. The summed E-state index contributed by atoms with van der Waals surface area (Å²) in [7, 11) is 0. The van der Waals surface area contributed by atoms with E-state index in [2.05, 4.69) is 10.3 Å². The molecule has 106 valence electrons. The van der Waals surface area contributed by atoms with Crippen molar-refractivity contribution in [2.24, 2.45) is 0 Å². The van der Waals surface area contributed by atoms with Crippen LogP contribution in [0.2, 0.25) is 0 Å². The molecule has 0 radical (unpaired) electrons. The number of halogens is 2. The highest BCUT2D eigenvalue weighted by atomic mass is 19.1. The molecule has 1 aromatic heterocycles. The molecule has 0 aliphatic rings. The third-order valence-electron chi connectivity index (χ3n) is 3.42. The van der Waals surface area contributed by atoms with Crippen LogP contribution in [-0.4, -0.2) is 4.98 Å². The second-order valence-corrected chi connectivity index (χ2v) is 5.06. The second-order valence-electron chi connectivity index (χ2n) is 5.06. The summed E-state index contributed by atoms with van der Waals surface area (Å²) in [5, 5.41) is 3.31. The summed E-state index contributed by atoms with van der Waals surface area (Å²) < 4.78 is 26.7. The Labute approximate surface area is 117 Å². The van der Waals surface area contributed by atoms with Gasteiger partial charge >= 0.3 is 0 Å². The van der Waals surface area contributed by atoms with Gasteiger partial charge in [-0.05, 0) is 49.6 Å². The zero-order chi connectivity index (χ0) is 14.7. The van der Waals surface area contributed by atoms with Gasteiger partial charge in [-0.2, -0.15) is 0 Å². The maximum absolute atomic E-state index is 13.6. The quantitative estimate of drug-likeness (QED) is 0.910. The zero-order valence-corrected chi connectivity index (χ0v) is 11.8. The number of nitrogens with one attached hydrogen (secondary N) is 1. The van der Waals surface area contributed by atoms with E-state index in [4.69, 9.17) is 0 Å². The van der Waals surface area contributed by atoms with E-state index in [0.717, 1.165) is 11.1 Å². The number of hydrogen-bond donors (Lipinski definition) is 1. The molecule has 0 aliphatic heterocycles. The van der Waals surface area contributed by atoms with E-state index in [9.17, 15) is 8.78 Å². The highest BCUT2D eigenvalue weighted by Crippen LogP contribution is 2.21. The van der Waals surface area contributed by atoms with Crippen molar-refractivity contribution in [1.29, 1.82) is 0 Å². The van der Waals surface area contributed by atoms with Crippen LogP contribution in [0.5, 0.6) is 0 Å². The van der Waals surface area contributed by atoms with Crippen LogP contribution in [-0.2, 0) is 0 Å². The molecule has 2 aromatic rings. The smallest absolute Gasteiger partial charge is 0.141 e. The predicted octanol–water partition coefficient (Wildman–Crippen LogP) is 4.08. The van der Waals surface area contributed by atoms with Crippen LogP contribution in [0.4, 0.5) is 8.78 Å². The minimum atomic E-state index is -0.356. The molecular formula is C16H18F2N2. The van der Waals surface area contributed by atoms with Crippen LogP contribution >= 0.6 is 0 Å². The van der Waals surface area contributed by atoms with E-state index < -0.39 is 0 Å². The Morgan fingerprint density at radius 2 is 1.70 bits per heavy atom. The standard InChI is InChI=1S/C16H18F2N2/c1-10-4-5-13(7-16(10)18)11(2)20-12(3)14-6-15(17)9-19-8-14/h4-9,11-12,20H,1-3H3. The van der Waals surface area contributed by atoms with Gasteiger partial charge in [0.1, 0.15) is 11.6 Å². The Morgan fingerprint density at radius 3 is 2.35 bits per heavy atom. The third kappa shape index (κ3) is 3.39. The second kappa shape index (κ2) is 6.09. The van der Waals surface area contributed by atoms with E-state index in [1.165, 1.54) is 18.3 Å². The van der Waals surface area contributed by atoms with E-state index in [1.807, 2.05) is 19.9 Å². The van der Waals surface area contributed by atoms with Gasteiger partial charge in [-0.1, -0.05) is 12.1 Å². The van der Waals surface area contributed by atoms with Crippen LogP contribution in [0.25, 0.3) is 0 Å². The van der Waals surface area contributed by atoms with Crippen molar-refractivity contribution in [2.75, 3.05) is 0 Å². The molecule has 0 bridgehead atoms. The Hall–Kier alpha value is -1.81. The van der Waals surface area contributed by atoms with Crippen molar-refractivity contribution >= 4 is 0 Å². The summed E-state index contributed by atoms with van der Waals surface area (Å²) in [5.74, 6) is -0.568. The highest BCUT2D eigenvalue weighted by Gasteiger charge is 2.13. The topological polar surface area (TPSA) is 24.9 Å². The number of pyridine rings is 1. The summed E-state index contributed by atoms with van der Waals surface area (Å²) in [6.07, 6.45) is 2.80. The molecule has 0 amide bonds. The fourth-order valence-electron chi connectivity index (χ4n) is 2.11. The van der Waals surface area contributed by atoms with E-state index in [1.54, 1.807) is 19.2 Å². The summed E-state index contributed by atoms with van der Waals surface area (Å²) in [6.45, 7) is 5.61. The molecule has 0 aliphatic carbocycles. The van der Waals surface area contributed by atoms with Crippen molar-refractivity contribution in [3.63, 3.8) is 0 Å². The maximum atomic E-state index is 13.6. The first-order chi connectivity index (χ1) is 9.47. The Balaban J connectivity index is 2.10. The minimum Gasteiger partial charge on any atom is -0.304 e. The summed E-state index contributed by atoms with van der Waals surface area (Å²) in [4.78, 5) is 3.84. The van der Waals surface area contributed by atoms with Crippen LogP contribution < -0.4 is 5.32 Å². The number of rotatable bonds is 4. The molecule has 4 heteroatoms. The largest absolute Gasteiger partial charge is 0.304 e. The molecule has 2 rings (SSSR count). The molecule has 1 aromatic carbocycles. The number of aryl methyl sites for hydroxylation is 1. The molecule has 2 nitrogen and oxygen atoms in total. The van der Waals surface area contributed by atoms with Crippen molar-refractivity contribution < 1.29 is 8.78 Å². The summed E-state index contributed by atoms with van der Waals surface area (Å²) in [6, 6.07) is 6.53. The molecule has 0 spiro atoms. The molecule has 1 N–H and O–H groups in total. The third-order valence-corrected chi connectivity index (χ3v) is 3.42. The van der Waals surface area contributed by atoms with Crippen LogP contribution in [0, 0.1) is 18.6 Å². The number of hydrogen-bond acceptors (Lipinski definition) is 2. The van der Waals surface area contributed by atoms with Gasteiger partial charge in [0, 0.05) is 18.3 Å². The predicted molar refractivity (Wildman–Crippen MR) is 75.3 cm³/mol. The van der Waals surface area contributed by atoms with Gasteiger partial charge < -0.3 is 5.32 Å². The van der Waals surface area contributed by atoms with Crippen molar-refractivity contribution in [3.8, 4) is 0 Å². The normalized spacial score (nSPS) is 14.1. The van der Waals surface area contributed by atoms with E-state index >= 15 is 0 Å². The van der Waals surface area contributed by atoms with Crippen LogP contribution in [0.1, 0.15) is 42.6 Å². The van der Waals surface area contributed by atoms with Gasteiger partial charge in [-0.15, -0.1) is 0 Å². The summed E-state index contributed by atoms with van der Waals surface area (Å²) in [5.41, 5.74) is 2.26. The number of aromatic nitrogens is 1.